The molecule has 0 radical (unpaired) electrons. The summed E-state index contributed by atoms with van der Waals surface area (Å²) in [5, 5.41) is 13.4. The molecule has 0 bridgehead atoms. The van der Waals surface area contributed by atoms with Crippen LogP contribution >= 0.6 is 0 Å². The molecule has 2 N–H and O–H groups in total. The Balaban J connectivity index is 1.99. The Bertz CT molecular complexity index is 554. The van der Waals surface area contributed by atoms with Crippen LogP contribution in [0.25, 0.3) is 0 Å². The fourth-order valence-electron chi connectivity index (χ4n) is 3.50. The summed E-state index contributed by atoms with van der Waals surface area (Å²) in [4.78, 5) is 14.3. The number of hydrogen-bond acceptors (Lipinski definition) is 4. The molecule has 1 unspecified atom stereocenters. The molecule has 5 nitrogen and oxygen atoms in total. The summed E-state index contributed by atoms with van der Waals surface area (Å²) in [6.07, 6.45) is -0.365. The van der Waals surface area contributed by atoms with Gasteiger partial charge < -0.3 is 15.2 Å². The minimum Gasteiger partial charge on any atom is -0.444 e. The molecule has 1 aromatic rings. The molecule has 1 heterocycles. The first-order chi connectivity index (χ1) is 11.7. The summed E-state index contributed by atoms with van der Waals surface area (Å²) in [6.45, 7) is 11.3. The first-order valence-corrected chi connectivity index (χ1v) is 9.14. The van der Waals surface area contributed by atoms with Crippen molar-refractivity contribution >= 4 is 6.09 Å². The van der Waals surface area contributed by atoms with Gasteiger partial charge in [0.1, 0.15) is 5.60 Å². The van der Waals surface area contributed by atoms with Gasteiger partial charge in [0.05, 0.1) is 12.1 Å². The molecule has 0 aromatic heterocycles. The van der Waals surface area contributed by atoms with Crippen LogP contribution in [0, 0.1) is 5.92 Å². The van der Waals surface area contributed by atoms with Crippen LogP contribution in [0.2, 0.25) is 0 Å². The fraction of sp³-hybridized carbons (Fsp3) is 0.650. The lowest BCUT2D eigenvalue weighted by atomic mass is 9.91. The van der Waals surface area contributed by atoms with Gasteiger partial charge in [0, 0.05) is 19.1 Å². The molecule has 1 fully saturated rings. The number of alkyl carbamates (subject to hydrolysis) is 1. The van der Waals surface area contributed by atoms with Crippen LogP contribution in [-0.4, -0.2) is 46.9 Å². The molecule has 1 amide bonds. The van der Waals surface area contributed by atoms with Gasteiger partial charge in [-0.3, -0.25) is 4.90 Å². The van der Waals surface area contributed by atoms with Crippen LogP contribution in [-0.2, 0) is 4.74 Å². The van der Waals surface area contributed by atoms with Crippen molar-refractivity contribution in [3.63, 3.8) is 0 Å². The first-order valence-electron chi connectivity index (χ1n) is 9.14. The highest BCUT2D eigenvalue weighted by Gasteiger charge is 2.34. The summed E-state index contributed by atoms with van der Waals surface area (Å²) in [5.41, 5.74) is 0.731. The van der Waals surface area contributed by atoms with E-state index in [-0.39, 0.29) is 12.1 Å². The van der Waals surface area contributed by atoms with E-state index in [4.69, 9.17) is 4.74 Å². The van der Waals surface area contributed by atoms with Gasteiger partial charge in [-0.1, -0.05) is 44.2 Å². The number of hydrogen-bond donors (Lipinski definition) is 2. The Kier molecular flexibility index (Phi) is 6.47. The number of nitrogens with zero attached hydrogens (tertiary/aromatic N) is 1. The van der Waals surface area contributed by atoms with Crippen molar-refractivity contribution in [1.29, 1.82) is 0 Å². The SMILES string of the molecule is CC(C)C(c1ccccc1)N1CC[C@@H](NC(=O)OC(C)(C)C)[C@H](O)C1. The zero-order valence-corrected chi connectivity index (χ0v) is 16.0. The van der Waals surface area contributed by atoms with E-state index >= 15 is 0 Å². The Morgan fingerprint density at radius 1 is 1.28 bits per heavy atom. The van der Waals surface area contributed by atoms with Gasteiger partial charge in [0.15, 0.2) is 0 Å². The molecule has 2 rings (SSSR count). The third kappa shape index (κ3) is 5.72. The van der Waals surface area contributed by atoms with E-state index in [0.717, 1.165) is 6.54 Å². The third-order valence-electron chi connectivity index (χ3n) is 4.48. The number of β-amino-alcohol motifs (C(OH)–C–C–N with tert-alkyl or cyclic N) is 1. The fourth-order valence-corrected chi connectivity index (χ4v) is 3.50. The van der Waals surface area contributed by atoms with Gasteiger partial charge >= 0.3 is 6.09 Å². The molecular formula is C20H32N2O3. The second-order valence-electron chi connectivity index (χ2n) is 8.20. The first kappa shape index (κ1) is 19.7. The van der Waals surface area contributed by atoms with E-state index in [1.165, 1.54) is 5.56 Å². The molecule has 1 aromatic carbocycles. The number of aliphatic hydroxyl groups excluding tert-OH is 1. The van der Waals surface area contributed by atoms with Crippen LogP contribution in [0.15, 0.2) is 30.3 Å². The van der Waals surface area contributed by atoms with Gasteiger partial charge in [0.25, 0.3) is 0 Å². The smallest absolute Gasteiger partial charge is 0.407 e. The zero-order chi connectivity index (χ0) is 18.6. The molecule has 0 spiro atoms. The topological polar surface area (TPSA) is 61.8 Å². The van der Waals surface area contributed by atoms with Gasteiger partial charge in [-0.2, -0.15) is 0 Å². The molecule has 5 heteroatoms. The maximum Gasteiger partial charge on any atom is 0.407 e. The molecule has 25 heavy (non-hydrogen) atoms. The van der Waals surface area contributed by atoms with Crippen molar-refractivity contribution in [3.05, 3.63) is 35.9 Å². The minimum absolute atomic E-state index is 0.262. The third-order valence-corrected chi connectivity index (χ3v) is 4.48. The lowest BCUT2D eigenvalue weighted by molar-refractivity contribution is 0.00102. The number of benzene rings is 1. The van der Waals surface area contributed by atoms with E-state index in [1.54, 1.807) is 0 Å². The van der Waals surface area contributed by atoms with Crippen LogP contribution in [0.4, 0.5) is 4.79 Å². The van der Waals surface area contributed by atoms with Gasteiger partial charge in [-0.25, -0.2) is 4.79 Å². The molecular weight excluding hydrogens is 316 g/mol. The normalized spacial score (nSPS) is 23.3. The number of amides is 1. The van der Waals surface area contributed by atoms with Crippen molar-refractivity contribution < 1.29 is 14.6 Å². The molecule has 0 saturated carbocycles. The van der Waals surface area contributed by atoms with Crippen molar-refractivity contribution in [2.24, 2.45) is 5.92 Å². The zero-order valence-electron chi connectivity index (χ0n) is 16.0. The van der Waals surface area contributed by atoms with Crippen LogP contribution < -0.4 is 5.32 Å². The molecule has 1 saturated heterocycles. The predicted octanol–water partition coefficient (Wildman–Crippen LogP) is 3.34. The highest BCUT2D eigenvalue weighted by atomic mass is 16.6. The second-order valence-corrected chi connectivity index (χ2v) is 8.20. The summed E-state index contributed by atoms with van der Waals surface area (Å²) >= 11 is 0. The van der Waals surface area contributed by atoms with E-state index in [2.05, 4.69) is 48.3 Å². The Morgan fingerprint density at radius 3 is 2.44 bits per heavy atom. The molecule has 1 aliphatic rings. The molecule has 3 atom stereocenters. The monoisotopic (exact) mass is 348 g/mol. The minimum atomic E-state index is -0.605. The number of carbonyl (C=O) groups excluding carboxylic acids is 1. The summed E-state index contributed by atoms with van der Waals surface area (Å²) in [7, 11) is 0. The maximum atomic E-state index is 12.0. The van der Waals surface area contributed by atoms with Crippen LogP contribution in [0.3, 0.4) is 0 Å². The van der Waals surface area contributed by atoms with Crippen LogP contribution in [0.1, 0.15) is 52.6 Å². The highest BCUT2D eigenvalue weighted by molar-refractivity contribution is 5.68. The predicted molar refractivity (Wildman–Crippen MR) is 99.4 cm³/mol. The van der Waals surface area contributed by atoms with Crippen molar-refractivity contribution in [3.8, 4) is 0 Å². The number of aliphatic hydroxyl groups is 1. The second kappa shape index (κ2) is 8.19. The quantitative estimate of drug-likeness (QED) is 0.876. The number of carbonyl (C=O) groups is 1. The highest BCUT2D eigenvalue weighted by Crippen LogP contribution is 2.31. The Hall–Kier alpha value is -1.59. The number of nitrogens with one attached hydrogen (secondary N) is 1. The number of ether oxygens (including phenoxy) is 1. The number of likely N-dealkylation sites (tertiary alicyclic amines) is 1. The molecule has 140 valence electrons. The average Bonchev–Trinajstić information content (AvgIpc) is 2.49. The van der Waals surface area contributed by atoms with Crippen molar-refractivity contribution in [2.45, 2.75) is 64.8 Å². The van der Waals surface area contributed by atoms with E-state index in [1.807, 2.05) is 26.8 Å². The van der Waals surface area contributed by atoms with Crippen molar-refractivity contribution in [1.82, 2.24) is 10.2 Å². The molecule has 0 aliphatic carbocycles. The number of rotatable bonds is 4. The van der Waals surface area contributed by atoms with E-state index in [0.29, 0.717) is 18.9 Å². The summed E-state index contributed by atoms with van der Waals surface area (Å²) in [6, 6.07) is 10.4. The average molecular weight is 348 g/mol. The Labute approximate surface area is 151 Å². The standard InChI is InChI=1S/C20H32N2O3/c1-14(2)18(15-9-7-6-8-10-15)22-12-11-16(17(23)13-22)21-19(24)25-20(3,4)5/h6-10,14,16-18,23H,11-13H2,1-5H3,(H,21,24)/t16-,17-,18?/m1/s1. The van der Waals surface area contributed by atoms with Gasteiger partial charge in [-0.05, 0) is 38.7 Å². The van der Waals surface area contributed by atoms with Gasteiger partial charge in [-0.15, -0.1) is 0 Å². The van der Waals surface area contributed by atoms with Crippen molar-refractivity contribution in [2.75, 3.05) is 13.1 Å². The Morgan fingerprint density at radius 2 is 1.92 bits per heavy atom. The van der Waals surface area contributed by atoms with E-state index < -0.39 is 17.8 Å². The number of piperidine rings is 1. The molecule has 1 aliphatic heterocycles. The van der Waals surface area contributed by atoms with Gasteiger partial charge in [0.2, 0.25) is 0 Å². The van der Waals surface area contributed by atoms with Crippen LogP contribution in [0.5, 0.6) is 0 Å². The summed E-state index contributed by atoms with van der Waals surface area (Å²) < 4.78 is 5.30. The van der Waals surface area contributed by atoms with E-state index in [9.17, 15) is 9.90 Å². The lowest BCUT2D eigenvalue weighted by Crippen LogP contribution is -2.55. The summed E-state index contributed by atoms with van der Waals surface area (Å²) in [5.74, 6) is 0.435. The maximum absolute atomic E-state index is 12.0. The lowest BCUT2D eigenvalue weighted by Gasteiger charge is -2.42. The largest absolute Gasteiger partial charge is 0.444 e.